The van der Waals surface area contributed by atoms with Crippen LogP contribution in [0.25, 0.3) is 58.7 Å². The number of ether oxygens (including phenoxy) is 3. The average molecular weight is 2060 g/mol. The van der Waals surface area contributed by atoms with Crippen LogP contribution in [0.4, 0.5) is 11.6 Å². The molecule has 5 aromatic carbocycles. The molecule has 14 rings (SSSR count). The Labute approximate surface area is 775 Å². The molecule has 3 aromatic heterocycles. The van der Waals surface area contributed by atoms with E-state index in [2.05, 4.69) is 120 Å². The molecular formula is C77H92Cl2I2N21NaO18S2V. The molecule has 0 spiro atoms. The van der Waals surface area contributed by atoms with Crippen molar-refractivity contribution < 1.29 is 123 Å². The van der Waals surface area contributed by atoms with Gasteiger partial charge in [0.15, 0.2) is 0 Å². The molecule has 6 aliphatic heterocycles. The monoisotopic (exact) mass is 2060 g/mol. The van der Waals surface area contributed by atoms with E-state index in [1.807, 2.05) is 38.1 Å². The summed E-state index contributed by atoms with van der Waals surface area (Å²) in [6.07, 6.45) is 13.1. The summed E-state index contributed by atoms with van der Waals surface area (Å²) in [6.45, 7) is 6.00. The molecule has 39 nitrogen and oxygen atoms in total. The molecule has 7 amide bonds. The quantitative estimate of drug-likeness (QED) is 0.00363. The number of aliphatic hydroxyl groups excluding tert-OH is 1. The van der Waals surface area contributed by atoms with Gasteiger partial charge in [-0.2, -0.15) is 18.9 Å². The van der Waals surface area contributed by atoms with Crippen LogP contribution in [0.5, 0.6) is 17.2 Å². The fourth-order valence-corrected chi connectivity index (χ4v) is 13.8. The maximum absolute atomic E-state index is 11.8. The number of methoxy groups -OCH3 is 3. The summed E-state index contributed by atoms with van der Waals surface area (Å²) in [5.41, 5.74) is 35.4. The van der Waals surface area contributed by atoms with Gasteiger partial charge in [0.25, 0.3) is 25.1 Å². The fourth-order valence-electron chi connectivity index (χ4n) is 11.9. The largest absolute Gasteiger partial charge is 1.00 e. The molecular weight excluding hydrogens is 1970 g/mol. The van der Waals surface area contributed by atoms with Crippen LogP contribution in [-0.2, 0) is 61.6 Å². The normalized spacial score (nSPS) is 17.1. The smallest absolute Gasteiger partial charge is 0.373 e. The first-order valence-electron chi connectivity index (χ1n) is 37.1. The number of nitriles is 2. The van der Waals surface area contributed by atoms with E-state index in [1.54, 1.807) is 80.3 Å². The van der Waals surface area contributed by atoms with Crippen molar-refractivity contribution in [3.8, 4) is 29.4 Å². The first-order valence-corrected chi connectivity index (χ1v) is 50.2. The molecule has 47 heteroatoms. The summed E-state index contributed by atoms with van der Waals surface area (Å²) in [6, 6.07) is 33.4. The van der Waals surface area contributed by atoms with Crippen molar-refractivity contribution in [3.05, 3.63) is 181 Å². The molecule has 6 unspecified atom stereocenters. The molecule has 15 N–H and O–H groups in total. The number of nitrogens with zero attached hydrogens (tertiary/aromatic N) is 11. The van der Waals surface area contributed by atoms with Crippen molar-refractivity contribution in [2.45, 2.75) is 137 Å². The van der Waals surface area contributed by atoms with Crippen LogP contribution >= 0.6 is 62.2 Å². The summed E-state index contributed by atoms with van der Waals surface area (Å²) in [5.74, 6) is 2.69. The van der Waals surface area contributed by atoms with Gasteiger partial charge in [0, 0.05) is 139 Å². The maximum atomic E-state index is 11.8. The summed E-state index contributed by atoms with van der Waals surface area (Å²) < 4.78 is 65.7. The minimum atomic E-state index is -3.73. The Bertz CT molecular complexity index is 5300. The Balaban J connectivity index is 0.000000370. The molecule has 6 aliphatic rings. The van der Waals surface area contributed by atoms with Gasteiger partial charge in [-0.25, -0.2) is 23.4 Å². The summed E-state index contributed by atoms with van der Waals surface area (Å²) in [7, 11) is 2.98. The van der Waals surface area contributed by atoms with E-state index in [0.29, 0.717) is 126 Å². The van der Waals surface area contributed by atoms with E-state index in [9.17, 15) is 50.4 Å². The van der Waals surface area contributed by atoms with Crippen LogP contribution in [0.2, 0.25) is 5.15 Å². The molecule has 659 valence electrons. The summed E-state index contributed by atoms with van der Waals surface area (Å²) in [5, 5.41) is 70.5. The number of aryl methyl sites for hydroxylation is 2. The van der Waals surface area contributed by atoms with Crippen molar-refractivity contribution >= 4 is 167 Å². The number of pyridine rings is 3. The van der Waals surface area contributed by atoms with Crippen LogP contribution in [0.1, 0.15) is 110 Å². The number of aliphatic hydroxyl groups is 1. The third kappa shape index (κ3) is 37.8. The minimum absolute atomic E-state index is 0. The SMILES string of the molecule is COc1cc2c(Cl)nccc2cc1C#N.COc1cc2c(NCC3CCC(=O)N3)nccc2cc1C#N.COc1cc2c(NCC3CCC(=O)N3)nccc2cc1C(N)=O.Cc1ccc(S(=O)(=O)Cl)cc1.Cc1ccc(S(=O)(=O)OCC2CCC(=O)N2)cc1.NCC1CCC(=O)N1.O=C1CCC(CO)N1.OO.[I][V][I].[N-]=[N+]=NCC1CCC(=O)N1.[N-]=[N+]=[N-].[Na+]. The van der Waals surface area contributed by atoms with E-state index in [0.717, 1.165) is 81.4 Å². The molecule has 0 aliphatic carbocycles. The van der Waals surface area contributed by atoms with Crippen LogP contribution in [0.3, 0.4) is 0 Å². The number of azide groups is 1. The van der Waals surface area contributed by atoms with Gasteiger partial charge in [0.2, 0.25) is 35.4 Å². The molecule has 0 saturated carbocycles. The van der Waals surface area contributed by atoms with Crippen molar-refractivity contribution in [1.82, 2.24) is 46.9 Å². The van der Waals surface area contributed by atoms with Gasteiger partial charge in [-0.1, -0.05) is 52.1 Å². The van der Waals surface area contributed by atoms with Crippen molar-refractivity contribution in [3.63, 3.8) is 0 Å². The van der Waals surface area contributed by atoms with Crippen LogP contribution in [0, 0.1) is 36.5 Å². The van der Waals surface area contributed by atoms with Crippen LogP contribution < -0.4 is 97.8 Å². The number of carbonyl (C=O) groups excluding carboxylic acids is 7. The van der Waals surface area contributed by atoms with E-state index < -0.39 is 25.1 Å². The number of amides is 7. The van der Waals surface area contributed by atoms with Crippen LogP contribution in [0.15, 0.2) is 137 Å². The summed E-state index contributed by atoms with van der Waals surface area (Å²) in [4.78, 5) is 93.4. The third-order valence-corrected chi connectivity index (χ3v) is 21.1. The molecule has 124 heavy (non-hydrogen) atoms. The second kappa shape index (κ2) is 57.9. The van der Waals surface area contributed by atoms with E-state index >= 15 is 0 Å². The molecule has 6 fully saturated rings. The number of hydrogen-bond donors (Lipinski definition) is 13. The maximum Gasteiger partial charge on any atom is 1.00 e. The number of anilines is 2. The van der Waals surface area contributed by atoms with Gasteiger partial charge in [0.1, 0.15) is 46.2 Å². The topological polar surface area (TPSA) is 627 Å². The van der Waals surface area contributed by atoms with Gasteiger partial charge in [-0.15, -0.1) is 0 Å². The Kier molecular flexibility index (Phi) is 50.8. The van der Waals surface area contributed by atoms with Gasteiger partial charge in [-0.05, 0) is 153 Å². The minimum Gasteiger partial charge on any atom is -0.373 e. The Hall–Kier alpha value is -9.46. The molecule has 6 atom stereocenters. The van der Waals surface area contributed by atoms with E-state index in [4.69, 9.17) is 94.9 Å². The standard InChI is InChI=1S/C16H18N4O3.C16H16N4O2.C12H15NO4S.C11H7ClN2O.C7H7ClO2S.C5H8N4O.C5H10N2O.C5H9NO2.2HI.N3.Na.H2O2.V/c1-23-13-7-11-9(6-12(13)15(17)22)4-5-18-16(11)19-8-10-2-3-14(21)20-10;1-22-14-7-13-10(6-11(14)8-17)4-5-18-16(13)19-9-12-2-3-15(21)20-12;1-9-2-5-11(6-3-9)18(15,16)17-8-10-4-7-12(14)13-10;1-15-10-5-9-7(4-8(10)6-13)2-3-14-11(9)12;1-6-2-4-7(5-3-6)11(8,9)10;6-9-7-3-4-1-2-5(10)8-4;6-3-4-1-2-5(8)7-4;7-3-4-1-2-5(8)6-4;;;1-3-2;;1-2;/h4-7,10H,2-3,8H2,1H3,(H2,17,22)(H,18,19)(H,20,21);4-7,12H,2-3,9H2,1H3,(H,18,19)(H,20,21);2-3,5-6,10H,4,7-8H2,1H3,(H,13,14);2-5H,1H3;2-5H,1H3;4H,1-3H2,(H,8,10);4H,1-3,6H2,(H,7,8);4,7H,1-3H2,(H,6,8);2*1H;;;1-2H;/q;;;;;;;;;;-1;+1;;+2/p-2. The molecule has 8 aromatic rings. The average Bonchev–Trinajstić information content (AvgIpc) is 0.986. The van der Waals surface area contributed by atoms with Crippen molar-refractivity contribution in [2.75, 3.05) is 71.4 Å². The number of nitrogens with two attached hydrogens (primary N) is 2. The molecule has 0 bridgehead atoms. The van der Waals surface area contributed by atoms with Gasteiger partial charge in [-0.3, -0.25) is 53.2 Å². The number of nitrogens with one attached hydrogen (secondary N) is 8. The zero-order valence-electron chi connectivity index (χ0n) is 68.1. The second-order valence-corrected chi connectivity index (χ2v) is 43.0. The molecule has 6 saturated heterocycles. The number of aromatic nitrogens is 3. The summed E-state index contributed by atoms with van der Waals surface area (Å²) >= 11 is 10.7. The predicted molar refractivity (Wildman–Crippen MR) is 474 cm³/mol. The van der Waals surface area contributed by atoms with Crippen molar-refractivity contribution in [1.29, 1.82) is 10.5 Å². The zero-order valence-corrected chi connectivity index (χ0v) is 78.9. The zero-order chi connectivity index (χ0) is 91.2. The number of hydrogen-bond acceptors (Lipinski definition) is 27. The molecule has 0 radical (unpaired) electrons. The fraction of sp³-hybridized carbons (Fsp3) is 0.377. The Morgan fingerprint density at radius 1 is 0.581 bits per heavy atom. The number of rotatable bonds is 19. The van der Waals surface area contributed by atoms with E-state index in [1.165, 1.54) is 43.4 Å². The van der Waals surface area contributed by atoms with Crippen molar-refractivity contribution in [2.24, 2.45) is 16.6 Å². The number of benzene rings is 5. The first kappa shape index (κ1) is 109. The Morgan fingerprint density at radius 3 is 1.28 bits per heavy atom. The first-order chi connectivity index (χ1) is 58.8. The van der Waals surface area contributed by atoms with E-state index in [-0.39, 0.29) is 124 Å². The predicted octanol–water partition coefficient (Wildman–Crippen LogP) is 7.22. The second-order valence-electron chi connectivity index (χ2n) is 26.7. The Morgan fingerprint density at radius 2 is 0.935 bits per heavy atom. The van der Waals surface area contributed by atoms with Gasteiger partial charge in [0.05, 0.1) is 73.1 Å². The van der Waals surface area contributed by atoms with Gasteiger partial charge < -0.3 is 84.4 Å². The molecule has 9 heterocycles. The number of primary amides is 1. The third-order valence-electron chi connectivity index (χ3n) is 18.2. The number of fused-ring (bicyclic) bond motifs is 3. The number of halogens is 4. The number of carbonyl (C=O) groups is 7. The van der Waals surface area contributed by atoms with Gasteiger partial charge >= 0.3 is 79.0 Å². The van der Waals surface area contributed by atoms with Crippen LogP contribution in [-0.4, -0.2) is 186 Å².